The molecule has 1 aliphatic heterocycles. The first-order valence-electron chi connectivity index (χ1n) is 7.12. The number of carbonyl (C=O) groups is 2. The molecule has 1 fully saturated rings. The SMILES string of the molecule is O=C(Nc1ccc(Cl)cc1)c1ccc(SC2CCOC2=O)cc1. The lowest BCUT2D eigenvalue weighted by molar-refractivity contribution is -0.137. The minimum absolute atomic E-state index is 0.149. The fraction of sp³-hybridized carbons (Fsp3) is 0.176. The topological polar surface area (TPSA) is 55.4 Å². The minimum Gasteiger partial charge on any atom is -0.465 e. The third kappa shape index (κ3) is 4.06. The van der Waals surface area contributed by atoms with E-state index in [1.807, 2.05) is 12.1 Å². The first kappa shape index (κ1) is 15.9. The van der Waals surface area contributed by atoms with E-state index < -0.39 is 0 Å². The molecule has 1 N–H and O–H groups in total. The maximum atomic E-state index is 12.2. The predicted octanol–water partition coefficient (Wildman–Crippen LogP) is 4.00. The first-order valence-corrected chi connectivity index (χ1v) is 8.38. The van der Waals surface area contributed by atoms with Gasteiger partial charge in [-0.1, -0.05) is 11.6 Å². The highest BCUT2D eigenvalue weighted by Crippen LogP contribution is 2.29. The largest absolute Gasteiger partial charge is 0.465 e. The van der Waals surface area contributed by atoms with Gasteiger partial charge < -0.3 is 10.1 Å². The summed E-state index contributed by atoms with van der Waals surface area (Å²) in [5, 5.41) is 3.28. The van der Waals surface area contributed by atoms with Gasteiger partial charge in [0.05, 0.1) is 6.61 Å². The normalized spacial score (nSPS) is 16.9. The molecule has 1 aliphatic rings. The fourth-order valence-electron chi connectivity index (χ4n) is 2.17. The van der Waals surface area contributed by atoms with Crippen LogP contribution in [-0.2, 0) is 9.53 Å². The number of ether oxygens (including phenoxy) is 1. The summed E-state index contributed by atoms with van der Waals surface area (Å²) in [4.78, 5) is 24.6. The number of rotatable bonds is 4. The Hall–Kier alpha value is -1.98. The molecule has 0 spiro atoms. The van der Waals surface area contributed by atoms with Gasteiger partial charge in [-0.05, 0) is 48.5 Å². The number of esters is 1. The summed E-state index contributed by atoms with van der Waals surface area (Å²) >= 11 is 7.28. The molecule has 0 aromatic heterocycles. The smallest absolute Gasteiger partial charge is 0.319 e. The molecule has 6 heteroatoms. The second kappa shape index (κ2) is 7.06. The average Bonchev–Trinajstić information content (AvgIpc) is 2.95. The monoisotopic (exact) mass is 347 g/mol. The zero-order valence-corrected chi connectivity index (χ0v) is 13.7. The number of cyclic esters (lactones) is 1. The lowest BCUT2D eigenvalue weighted by atomic mass is 10.2. The van der Waals surface area contributed by atoms with Crippen LogP contribution in [0.25, 0.3) is 0 Å². The molecular formula is C17H14ClNO3S. The van der Waals surface area contributed by atoms with Crippen molar-refractivity contribution in [1.29, 1.82) is 0 Å². The number of halogens is 1. The molecule has 1 amide bonds. The number of hydrogen-bond donors (Lipinski definition) is 1. The number of carbonyl (C=O) groups excluding carboxylic acids is 2. The van der Waals surface area contributed by atoms with Gasteiger partial charge in [-0.3, -0.25) is 9.59 Å². The van der Waals surface area contributed by atoms with Crippen molar-refractivity contribution in [2.75, 3.05) is 11.9 Å². The average molecular weight is 348 g/mol. The van der Waals surface area contributed by atoms with Crippen molar-refractivity contribution in [2.24, 2.45) is 0 Å². The molecule has 0 aliphatic carbocycles. The van der Waals surface area contributed by atoms with E-state index >= 15 is 0 Å². The van der Waals surface area contributed by atoms with E-state index in [4.69, 9.17) is 16.3 Å². The Morgan fingerprint density at radius 3 is 2.43 bits per heavy atom. The van der Waals surface area contributed by atoms with Crippen LogP contribution in [0.15, 0.2) is 53.4 Å². The van der Waals surface area contributed by atoms with Crippen LogP contribution in [0.2, 0.25) is 5.02 Å². The van der Waals surface area contributed by atoms with Crippen molar-refractivity contribution >= 4 is 40.9 Å². The van der Waals surface area contributed by atoms with Gasteiger partial charge in [0.2, 0.25) is 0 Å². The van der Waals surface area contributed by atoms with Crippen molar-refractivity contribution in [3.8, 4) is 0 Å². The second-order valence-corrected chi connectivity index (χ2v) is 6.76. The molecular weight excluding hydrogens is 334 g/mol. The highest BCUT2D eigenvalue weighted by atomic mass is 35.5. The molecule has 2 aromatic rings. The van der Waals surface area contributed by atoms with Gasteiger partial charge in [0.15, 0.2) is 0 Å². The van der Waals surface area contributed by atoms with Gasteiger partial charge in [0.1, 0.15) is 5.25 Å². The molecule has 1 saturated heterocycles. The Morgan fingerprint density at radius 1 is 1.13 bits per heavy atom. The van der Waals surface area contributed by atoms with Crippen LogP contribution in [0.5, 0.6) is 0 Å². The van der Waals surface area contributed by atoms with Crippen molar-refractivity contribution < 1.29 is 14.3 Å². The molecule has 3 rings (SSSR count). The van der Waals surface area contributed by atoms with Gasteiger partial charge in [-0.2, -0.15) is 0 Å². The molecule has 0 radical (unpaired) electrons. The van der Waals surface area contributed by atoms with Crippen LogP contribution in [-0.4, -0.2) is 23.7 Å². The van der Waals surface area contributed by atoms with Gasteiger partial charge in [-0.15, -0.1) is 11.8 Å². The second-order valence-electron chi connectivity index (χ2n) is 5.05. The lowest BCUT2D eigenvalue weighted by Crippen LogP contribution is -2.12. The van der Waals surface area contributed by atoms with Crippen LogP contribution in [0, 0.1) is 0 Å². The quantitative estimate of drug-likeness (QED) is 0.849. The molecule has 2 aromatic carbocycles. The number of hydrogen-bond acceptors (Lipinski definition) is 4. The fourth-order valence-corrected chi connectivity index (χ4v) is 3.30. The summed E-state index contributed by atoms with van der Waals surface area (Å²) in [6.45, 7) is 0.484. The summed E-state index contributed by atoms with van der Waals surface area (Å²) in [6.07, 6.45) is 0.725. The number of benzene rings is 2. The van der Waals surface area contributed by atoms with E-state index in [0.29, 0.717) is 22.9 Å². The van der Waals surface area contributed by atoms with E-state index in [9.17, 15) is 9.59 Å². The Morgan fingerprint density at radius 2 is 1.83 bits per heavy atom. The highest BCUT2D eigenvalue weighted by molar-refractivity contribution is 8.00. The molecule has 4 nitrogen and oxygen atoms in total. The third-order valence-corrected chi connectivity index (χ3v) is 4.89. The Labute approximate surface area is 143 Å². The zero-order chi connectivity index (χ0) is 16.2. The molecule has 1 atom stereocenters. The number of thioether (sulfide) groups is 1. The Bertz CT molecular complexity index is 716. The minimum atomic E-state index is -0.191. The van der Waals surface area contributed by atoms with Gasteiger partial charge in [0.25, 0.3) is 5.91 Å². The van der Waals surface area contributed by atoms with Crippen molar-refractivity contribution in [3.63, 3.8) is 0 Å². The van der Waals surface area contributed by atoms with E-state index in [1.54, 1.807) is 36.4 Å². The number of amides is 1. The van der Waals surface area contributed by atoms with Crippen molar-refractivity contribution in [1.82, 2.24) is 0 Å². The standard InChI is InChI=1S/C17H14ClNO3S/c18-12-3-5-13(6-4-12)19-16(20)11-1-7-14(8-2-11)23-15-9-10-22-17(15)21/h1-8,15H,9-10H2,(H,19,20). The third-order valence-electron chi connectivity index (χ3n) is 3.38. The summed E-state index contributed by atoms with van der Waals surface area (Å²) < 4.78 is 4.94. The van der Waals surface area contributed by atoms with Gasteiger partial charge >= 0.3 is 5.97 Å². The Kier molecular flexibility index (Phi) is 4.88. The molecule has 1 heterocycles. The number of nitrogens with one attached hydrogen (secondary N) is 1. The number of anilines is 1. The maximum absolute atomic E-state index is 12.2. The molecule has 0 saturated carbocycles. The van der Waals surface area contributed by atoms with Crippen LogP contribution in [0.1, 0.15) is 16.8 Å². The maximum Gasteiger partial charge on any atom is 0.319 e. The summed E-state index contributed by atoms with van der Waals surface area (Å²) in [5.74, 6) is -0.358. The van der Waals surface area contributed by atoms with Gasteiger partial charge in [-0.25, -0.2) is 0 Å². The van der Waals surface area contributed by atoms with E-state index in [-0.39, 0.29) is 17.1 Å². The van der Waals surface area contributed by atoms with Crippen molar-refractivity contribution in [3.05, 3.63) is 59.1 Å². The molecule has 23 heavy (non-hydrogen) atoms. The van der Waals surface area contributed by atoms with Crippen molar-refractivity contribution in [2.45, 2.75) is 16.6 Å². The summed E-state index contributed by atoms with van der Waals surface area (Å²) in [6, 6.07) is 14.1. The van der Waals surface area contributed by atoms with Gasteiger partial charge in [0, 0.05) is 27.6 Å². The molecule has 118 valence electrons. The van der Waals surface area contributed by atoms with E-state index in [0.717, 1.165) is 11.3 Å². The van der Waals surface area contributed by atoms with Crippen LogP contribution in [0.3, 0.4) is 0 Å². The first-order chi connectivity index (χ1) is 11.1. The van der Waals surface area contributed by atoms with Crippen LogP contribution >= 0.6 is 23.4 Å². The molecule has 1 unspecified atom stereocenters. The summed E-state index contributed by atoms with van der Waals surface area (Å²) in [7, 11) is 0. The van der Waals surface area contributed by atoms with E-state index in [1.165, 1.54) is 11.8 Å². The Balaban J connectivity index is 1.63. The van der Waals surface area contributed by atoms with E-state index in [2.05, 4.69) is 5.32 Å². The highest BCUT2D eigenvalue weighted by Gasteiger charge is 2.27. The predicted molar refractivity (Wildman–Crippen MR) is 91.1 cm³/mol. The lowest BCUT2D eigenvalue weighted by Gasteiger charge is -2.08. The van der Waals surface area contributed by atoms with Crippen LogP contribution < -0.4 is 5.32 Å². The molecule has 0 bridgehead atoms. The van der Waals surface area contributed by atoms with Crippen LogP contribution in [0.4, 0.5) is 5.69 Å². The summed E-state index contributed by atoms with van der Waals surface area (Å²) in [5.41, 5.74) is 1.24. The zero-order valence-electron chi connectivity index (χ0n) is 12.1.